The molecule has 1 saturated carbocycles. The van der Waals surface area contributed by atoms with Gasteiger partial charge in [-0.15, -0.1) is 0 Å². The molecule has 2 heterocycles. The number of hydrogen-bond acceptors (Lipinski definition) is 6. The Hall–Kier alpha value is -3.10. The molecular formula is C32H31Cl3N2O5. The Morgan fingerprint density at radius 3 is 2.36 bits per heavy atom. The summed E-state index contributed by atoms with van der Waals surface area (Å²) in [7, 11) is 0. The molecule has 0 bridgehead atoms. The minimum atomic E-state index is 0.0411. The number of carbonyl (C=O) groups is 1. The molecule has 0 saturated heterocycles. The Bertz CT molecular complexity index is 1500. The van der Waals surface area contributed by atoms with Gasteiger partial charge in [0.25, 0.3) is 5.91 Å². The number of fused-ring (bicyclic) bond motifs is 1. The number of carbonyl (C=O) groups excluding carboxylic acids is 1. The maximum atomic E-state index is 14.0. The fourth-order valence-corrected chi connectivity index (χ4v) is 6.20. The molecule has 0 spiro atoms. The average molecular weight is 630 g/mol. The Balaban J connectivity index is 1.13. The van der Waals surface area contributed by atoms with Crippen LogP contribution in [-0.2, 0) is 11.3 Å². The molecule has 3 aromatic carbocycles. The molecule has 0 unspecified atom stereocenters. The standard InChI is InChI=1S/C32H31Cl3N2O5/c1-19-12-27(34)31(28(35)13-19)40-11-10-39-23-6-2-20(3-7-23)24-8-9-36-16-25(24)32(38)37(22-4-5-22)17-21-14-29-30(15-26(21)33)42-18-41-29/h2-3,6-7,12-15,22,36H,4-5,8-11,16-18H2,1H3. The van der Waals surface area contributed by atoms with Gasteiger partial charge in [0.05, 0.1) is 10.0 Å². The highest BCUT2D eigenvalue weighted by Gasteiger charge is 2.36. The zero-order valence-electron chi connectivity index (χ0n) is 23.2. The summed E-state index contributed by atoms with van der Waals surface area (Å²) in [5, 5.41) is 4.91. The molecule has 1 N–H and O–H groups in total. The summed E-state index contributed by atoms with van der Waals surface area (Å²) in [5.41, 5.74) is 4.68. The third-order valence-corrected chi connectivity index (χ3v) is 8.46. The van der Waals surface area contributed by atoms with Crippen LogP contribution in [0.2, 0.25) is 15.1 Å². The smallest absolute Gasteiger partial charge is 0.251 e. The highest BCUT2D eigenvalue weighted by Crippen LogP contribution is 2.39. The number of ether oxygens (including phenoxy) is 4. The molecule has 42 heavy (non-hydrogen) atoms. The zero-order chi connectivity index (χ0) is 29.2. The van der Waals surface area contributed by atoms with E-state index in [0.29, 0.717) is 64.4 Å². The second-order valence-corrected chi connectivity index (χ2v) is 11.8. The molecule has 7 nitrogen and oxygen atoms in total. The Labute approximate surface area is 260 Å². The number of halogens is 3. The molecule has 3 aromatic rings. The first kappa shape index (κ1) is 29.0. The second-order valence-electron chi connectivity index (χ2n) is 10.6. The lowest BCUT2D eigenvalue weighted by Crippen LogP contribution is -2.39. The fourth-order valence-electron chi connectivity index (χ4n) is 5.28. The van der Waals surface area contributed by atoms with E-state index < -0.39 is 0 Å². The lowest BCUT2D eigenvalue weighted by molar-refractivity contribution is -0.128. The highest BCUT2D eigenvalue weighted by molar-refractivity contribution is 6.37. The van der Waals surface area contributed by atoms with Crippen molar-refractivity contribution in [2.24, 2.45) is 0 Å². The van der Waals surface area contributed by atoms with Gasteiger partial charge in [0.1, 0.15) is 19.0 Å². The van der Waals surface area contributed by atoms with Gasteiger partial charge in [-0.3, -0.25) is 4.79 Å². The number of nitrogens with zero attached hydrogens (tertiary/aromatic N) is 1. The summed E-state index contributed by atoms with van der Waals surface area (Å²) >= 11 is 19.1. The largest absolute Gasteiger partial charge is 0.490 e. The number of nitrogens with one attached hydrogen (secondary N) is 1. The minimum Gasteiger partial charge on any atom is -0.490 e. The fraction of sp³-hybridized carbons (Fsp3) is 0.344. The van der Waals surface area contributed by atoms with Gasteiger partial charge in [-0.1, -0.05) is 46.9 Å². The van der Waals surface area contributed by atoms with Crippen LogP contribution in [0.25, 0.3) is 5.57 Å². The van der Waals surface area contributed by atoms with E-state index in [4.69, 9.17) is 53.8 Å². The third-order valence-electron chi connectivity index (χ3n) is 7.55. The molecule has 1 amide bonds. The number of hydrogen-bond donors (Lipinski definition) is 1. The van der Waals surface area contributed by atoms with E-state index in [9.17, 15) is 4.79 Å². The van der Waals surface area contributed by atoms with Gasteiger partial charge in [-0.25, -0.2) is 0 Å². The molecule has 0 radical (unpaired) electrons. The first-order chi connectivity index (χ1) is 20.4. The number of amides is 1. The number of aryl methyl sites for hydroxylation is 1. The minimum absolute atomic E-state index is 0.0411. The van der Waals surface area contributed by atoms with Gasteiger partial charge in [-0.2, -0.15) is 0 Å². The van der Waals surface area contributed by atoms with Gasteiger partial charge in [0.2, 0.25) is 6.79 Å². The summed E-state index contributed by atoms with van der Waals surface area (Å²) in [4.78, 5) is 16.0. The monoisotopic (exact) mass is 628 g/mol. The first-order valence-corrected chi connectivity index (χ1v) is 15.1. The summed E-state index contributed by atoms with van der Waals surface area (Å²) in [6.45, 7) is 4.47. The van der Waals surface area contributed by atoms with Crippen molar-refractivity contribution in [1.29, 1.82) is 0 Å². The molecule has 3 aliphatic rings. The van der Waals surface area contributed by atoms with Crippen molar-refractivity contribution in [2.45, 2.75) is 38.8 Å². The Morgan fingerprint density at radius 2 is 1.64 bits per heavy atom. The van der Waals surface area contributed by atoms with Crippen molar-refractivity contribution in [3.05, 3.63) is 85.9 Å². The van der Waals surface area contributed by atoms with Gasteiger partial charge < -0.3 is 29.2 Å². The van der Waals surface area contributed by atoms with Crippen LogP contribution in [0.3, 0.4) is 0 Å². The van der Waals surface area contributed by atoms with Gasteiger partial charge in [-0.05, 0) is 85.3 Å². The van der Waals surface area contributed by atoms with E-state index in [1.54, 1.807) is 6.07 Å². The molecule has 10 heteroatoms. The average Bonchev–Trinajstić information content (AvgIpc) is 3.72. The number of benzene rings is 3. The molecule has 1 aliphatic carbocycles. The van der Waals surface area contributed by atoms with Crippen LogP contribution < -0.4 is 24.3 Å². The predicted molar refractivity (Wildman–Crippen MR) is 164 cm³/mol. The van der Waals surface area contributed by atoms with E-state index in [1.807, 2.05) is 54.3 Å². The normalized spacial score (nSPS) is 16.0. The molecular weight excluding hydrogens is 599 g/mol. The van der Waals surface area contributed by atoms with E-state index in [-0.39, 0.29) is 18.7 Å². The van der Waals surface area contributed by atoms with Crippen LogP contribution in [0.5, 0.6) is 23.0 Å². The van der Waals surface area contributed by atoms with Crippen molar-refractivity contribution in [2.75, 3.05) is 33.1 Å². The van der Waals surface area contributed by atoms with Gasteiger partial charge in [0.15, 0.2) is 17.2 Å². The van der Waals surface area contributed by atoms with Crippen LogP contribution in [0, 0.1) is 6.92 Å². The highest BCUT2D eigenvalue weighted by atomic mass is 35.5. The molecule has 6 rings (SSSR count). The topological polar surface area (TPSA) is 69.3 Å². The van der Waals surface area contributed by atoms with E-state index >= 15 is 0 Å². The summed E-state index contributed by atoms with van der Waals surface area (Å²) in [6, 6.07) is 15.3. The summed E-state index contributed by atoms with van der Waals surface area (Å²) < 4.78 is 22.6. The van der Waals surface area contributed by atoms with Crippen LogP contribution in [0.4, 0.5) is 0 Å². The van der Waals surface area contributed by atoms with Crippen molar-refractivity contribution >= 4 is 46.3 Å². The molecule has 0 atom stereocenters. The maximum absolute atomic E-state index is 14.0. The lowest BCUT2D eigenvalue weighted by Gasteiger charge is -2.28. The van der Waals surface area contributed by atoms with Crippen LogP contribution in [0.15, 0.2) is 54.1 Å². The predicted octanol–water partition coefficient (Wildman–Crippen LogP) is 7.08. The van der Waals surface area contributed by atoms with Crippen molar-refractivity contribution < 1.29 is 23.7 Å². The Kier molecular flexibility index (Phi) is 8.72. The summed E-state index contributed by atoms with van der Waals surface area (Å²) in [6.07, 6.45) is 2.74. The van der Waals surface area contributed by atoms with Gasteiger partial charge >= 0.3 is 0 Å². The van der Waals surface area contributed by atoms with Crippen molar-refractivity contribution in [3.8, 4) is 23.0 Å². The van der Waals surface area contributed by atoms with Crippen LogP contribution in [0.1, 0.15) is 36.0 Å². The first-order valence-electron chi connectivity index (χ1n) is 14.0. The SMILES string of the molecule is Cc1cc(Cl)c(OCCOc2ccc(C3=C(C(=O)N(Cc4cc5c(cc4Cl)OCO5)C4CC4)CNCC3)cc2)c(Cl)c1. The summed E-state index contributed by atoms with van der Waals surface area (Å²) in [5.74, 6) is 2.50. The van der Waals surface area contributed by atoms with E-state index in [0.717, 1.165) is 53.6 Å². The lowest BCUT2D eigenvalue weighted by atomic mass is 9.93. The zero-order valence-corrected chi connectivity index (χ0v) is 25.5. The van der Waals surface area contributed by atoms with Crippen molar-refractivity contribution in [1.82, 2.24) is 10.2 Å². The molecule has 220 valence electrons. The van der Waals surface area contributed by atoms with Crippen LogP contribution >= 0.6 is 34.8 Å². The Morgan fingerprint density at radius 1 is 0.952 bits per heavy atom. The third kappa shape index (κ3) is 6.45. The van der Waals surface area contributed by atoms with E-state index in [2.05, 4.69) is 5.32 Å². The van der Waals surface area contributed by atoms with E-state index in [1.165, 1.54) is 0 Å². The van der Waals surface area contributed by atoms with Gasteiger partial charge in [0, 0.05) is 35.8 Å². The van der Waals surface area contributed by atoms with Crippen molar-refractivity contribution in [3.63, 3.8) is 0 Å². The quantitative estimate of drug-likeness (QED) is 0.242. The molecule has 1 fully saturated rings. The molecule has 0 aromatic heterocycles. The number of rotatable bonds is 10. The van der Waals surface area contributed by atoms with Crippen LogP contribution in [-0.4, -0.2) is 49.9 Å². The molecule has 2 aliphatic heterocycles. The second kappa shape index (κ2) is 12.6. The maximum Gasteiger partial charge on any atom is 0.251 e.